The van der Waals surface area contributed by atoms with E-state index < -0.39 is 5.97 Å². The van der Waals surface area contributed by atoms with Gasteiger partial charge in [-0.25, -0.2) is 4.79 Å². The van der Waals surface area contributed by atoms with Gasteiger partial charge in [0.1, 0.15) is 0 Å². The van der Waals surface area contributed by atoms with Gasteiger partial charge in [0, 0.05) is 11.1 Å². The standard InChI is InChI=1S/C17H33NO3/c1-6-7-8-9-10-14(15(19)21-20)13-11-16(2,3)18-17(4,5)12-13/h13-14,18,20H,6-12H2,1-5H3. The van der Waals surface area contributed by atoms with Crippen LogP contribution < -0.4 is 5.32 Å². The highest BCUT2D eigenvalue weighted by atomic mass is 17.1. The van der Waals surface area contributed by atoms with Gasteiger partial charge >= 0.3 is 5.97 Å². The van der Waals surface area contributed by atoms with E-state index in [0.717, 1.165) is 32.1 Å². The van der Waals surface area contributed by atoms with Crippen LogP contribution in [0.4, 0.5) is 0 Å². The van der Waals surface area contributed by atoms with Crippen LogP contribution in [0.1, 0.15) is 79.6 Å². The van der Waals surface area contributed by atoms with E-state index in [2.05, 4.69) is 44.8 Å². The molecule has 1 rings (SSSR count). The van der Waals surface area contributed by atoms with Crippen molar-refractivity contribution in [2.45, 2.75) is 90.6 Å². The number of hydrogen-bond donors (Lipinski definition) is 2. The summed E-state index contributed by atoms with van der Waals surface area (Å²) in [5.41, 5.74) is 0.00758. The highest BCUT2D eigenvalue weighted by Gasteiger charge is 2.43. The lowest BCUT2D eigenvalue weighted by Gasteiger charge is -2.48. The van der Waals surface area contributed by atoms with Crippen molar-refractivity contribution in [1.82, 2.24) is 5.32 Å². The quantitative estimate of drug-likeness (QED) is 0.421. The third kappa shape index (κ3) is 5.95. The van der Waals surface area contributed by atoms with Crippen LogP contribution >= 0.6 is 0 Å². The summed E-state index contributed by atoms with van der Waals surface area (Å²) in [6.45, 7) is 10.9. The molecule has 1 atom stereocenters. The van der Waals surface area contributed by atoms with Crippen LogP contribution in [0.5, 0.6) is 0 Å². The van der Waals surface area contributed by atoms with Crippen LogP contribution in [0.3, 0.4) is 0 Å². The molecule has 1 aliphatic heterocycles. The normalized spacial score (nSPS) is 22.8. The zero-order chi connectivity index (χ0) is 16.1. The predicted octanol–water partition coefficient (Wildman–Crippen LogP) is 4.15. The first-order valence-corrected chi connectivity index (χ1v) is 8.35. The van der Waals surface area contributed by atoms with E-state index in [1.165, 1.54) is 12.8 Å². The molecule has 1 heterocycles. The highest BCUT2D eigenvalue weighted by molar-refractivity contribution is 5.72. The molecule has 0 aliphatic carbocycles. The molecule has 0 aromatic rings. The molecule has 0 aromatic heterocycles. The van der Waals surface area contributed by atoms with Gasteiger partial charge in [0.05, 0.1) is 5.92 Å². The van der Waals surface area contributed by atoms with E-state index in [9.17, 15) is 4.79 Å². The van der Waals surface area contributed by atoms with Crippen LogP contribution in [0.25, 0.3) is 0 Å². The fourth-order valence-electron chi connectivity index (χ4n) is 4.09. The fraction of sp³-hybridized carbons (Fsp3) is 0.941. The Kier molecular flexibility index (Phi) is 6.67. The predicted molar refractivity (Wildman–Crippen MR) is 85.0 cm³/mol. The van der Waals surface area contributed by atoms with Crippen molar-refractivity contribution in [2.24, 2.45) is 11.8 Å². The minimum Gasteiger partial charge on any atom is -0.307 e. The Morgan fingerprint density at radius 2 is 1.76 bits per heavy atom. The summed E-state index contributed by atoms with van der Waals surface area (Å²) in [5, 5.41) is 12.5. The summed E-state index contributed by atoms with van der Waals surface area (Å²) in [4.78, 5) is 16.1. The third-order valence-corrected chi connectivity index (χ3v) is 4.55. The third-order valence-electron chi connectivity index (χ3n) is 4.55. The van der Waals surface area contributed by atoms with Crippen molar-refractivity contribution in [3.8, 4) is 0 Å². The van der Waals surface area contributed by atoms with Crippen LogP contribution in [-0.2, 0) is 9.68 Å². The first-order valence-electron chi connectivity index (χ1n) is 8.35. The molecule has 4 heteroatoms. The number of hydrogen-bond acceptors (Lipinski definition) is 4. The van der Waals surface area contributed by atoms with Crippen molar-refractivity contribution >= 4 is 5.97 Å². The fourth-order valence-corrected chi connectivity index (χ4v) is 4.09. The molecular weight excluding hydrogens is 266 g/mol. The second-order valence-electron chi connectivity index (χ2n) is 7.93. The van der Waals surface area contributed by atoms with Gasteiger partial charge in [0.15, 0.2) is 0 Å². The van der Waals surface area contributed by atoms with Crippen LogP contribution in [0.2, 0.25) is 0 Å². The number of carbonyl (C=O) groups excluding carboxylic acids is 1. The van der Waals surface area contributed by atoms with Crippen molar-refractivity contribution in [2.75, 3.05) is 0 Å². The molecule has 4 nitrogen and oxygen atoms in total. The molecule has 124 valence electrons. The molecule has 1 unspecified atom stereocenters. The first-order chi connectivity index (χ1) is 9.71. The molecule has 0 radical (unpaired) electrons. The number of rotatable bonds is 7. The largest absolute Gasteiger partial charge is 0.345 e. The number of unbranched alkanes of at least 4 members (excludes halogenated alkanes) is 3. The zero-order valence-electron chi connectivity index (χ0n) is 14.4. The Morgan fingerprint density at radius 1 is 1.19 bits per heavy atom. The Morgan fingerprint density at radius 3 is 2.24 bits per heavy atom. The molecule has 0 saturated carbocycles. The van der Waals surface area contributed by atoms with Crippen LogP contribution in [0.15, 0.2) is 0 Å². The van der Waals surface area contributed by atoms with Gasteiger partial charge in [-0.05, 0) is 52.9 Å². The molecule has 0 amide bonds. The lowest BCUT2D eigenvalue weighted by molar-refractivity contribution is -0.241. The maximum Gasteiger partial charge on any atom is 0.345 e. The topological polar surface area (TPSA) is 58.6 Å². The van der Waals surface area contributed by atoms with E-state index in [0.29, 0.717) is 0 Å². The SMILES string of the molecule is CCCCCCC(C(=O)OO)C1CC(C)(C)NC(C)(C)C1. The van der Waals surface area contributed by atoms with Gasteiger partial charge in [-0.2, -0.15) is 5.26 Å². The molecule has 1 fully saturated rings. The van der Waals surface area contributed by atoms with Gasteiger partial charge in [0.2, 0.25) is 0 Å². The lowest BCUT2D eigenvalue weighted by atomic mass is 9.69. The first kappa shape index (κ1) is 18.4. The Bertz CT molecular complexity index is 323. The molecule has 1 aliphatic rings. The number of piperidine rings is 1. The van der Waals surface area contributed by atoms with E-state index in [1.54, 1.807) is 0 Å². The van der Waals surface area contributed by atoms with Gasteiger partial charge < -0.3 is 10.2 Å². The molecule has 21 heavy (non-hydrogen) atoms. The monoisotopic (exact) mass is 299 g/mol. The Labute approximate surface area is 129 Å². The summed E-state index contributed by atoms with van der Waals surface area (Å²) in [5.74, 6) is -0.380. The summed E-state index contributed by atoms with van der Waals surface area (Å²) in [6, 6.07) is 0. The van der Waals surface area contributed by atoms with E-state index in [-0.39, 0.29) is 22.9 Å². The molecular formula is C17H33NO3. The lowest BCUT2D eigenvalue weighted by Crippen LogP contribution is -2.59. The van der Waals surface area contributed by atoms with Gasteiger partial charge in [0.25, 0.3) is 0 Å². The van der Waals surface area contributed by atoms with Crippen molar-refractivity contribution < 1.29 is 14.9 Å². The molecule has 0 spiro atoms. The molecule has 0 bridgehead atoms. The Hall–Kier alpha value is -0.610. The van der Waals surface area contributed by atoms with Gasteiger partial charge in [-0.15, -0.1) is 0 Å². The maximum atomic E-state index is 12.0. The average Bonchev–Trinajstić information content (AvgIpc) is 2.34. The summed E-state index contributed by atoms with van der Waals surface area (Å²) in [7, 11) is 0. The van der Waals surface area contributed by atoms with Gasteiger partial charge in [-0.3, -0.25) is 0 Å². The van der Waals surface area contributed by atoms with E-state index >= 15 is 0 Å². The molecule has 2 N–H and O–H groups in total. The average molecular weight is 299 g/mol. The summed E-state index contributed by atoms with van der Waals surface area (Å²) in [6.07, 6.45) is 7.23. The zero-order valence-corrected chi connectivity index (χ0v) is 14.4. The molecule has 1 saturated heterocycles. The second-order valence-corrected chi connectivity index (χ2v) is 7.93. The highest BCUT2D eigenvalue weighted by Crippen LogP contribution is 2.39. The minimum absolute atomic E-state index is 0.00379. The summed E-state index contributed by atoms with van der Waals surface area (Å²) >= 11 is 0. The smallest absolute Gasteiger partial charge is 0.307 e. The Balaban J connectivity index is 2.74. The maximum absolute atomic E-state index is 12.0. The van der Waals surface area contributed by atoms with Crippen molar-refractivity contribution in [1.29, 1.82) is 0 Å². The van der Waals surface area contributed by atoms with Gasteiger partial charge in [-0.1, -0.05) is 32.6 Å². The molecule has 0 aromatic carbocycles. The van der Waals surface area contributed by atoms with Crippen LogP contribution in [-0.4, -0.2) is 22.3 Å². The van der Waals surface area contributed by atoms with E-state index in [4.69, 9.17) is 5.26 Å². The summed E-state index contributed by atoms with van der Waals surface area (Å²) < 4.78 is 0. The second kappa shape index (κ2) is 7.59. The van der Waals surface area contributed by atoms with E-state index in [1.807, 2.05) is 0 Å². The minimum atomic E-state index is -0.454. The number of nitrogens with one attached hydrogen (secondary N) is 1. The van der Waals surface area contributed by atoms with Crippen LogP contribution in [0, 0.1) is 11.8 Å². The van der Waals surface area contributed by atoms with Crippen molar-refractivity contribution in [3.05, 3.63) is 0 Å². The number of carbonyl (C=O) groups is 1. The van der Waals surface area contributed by atoms with Crippen molar-refractivity contribution in [3.63, 3.8) is 0 Å².